The smallest absolute Gasteiger partial charge is 0.418 e. The second-order valence-corrected chi connectivity index (χ2v) is 4.42. The van der Waals surface area contributed by atoms with Gasteiger partial charge in [0.2, 0.25) is 0 Å². The number of halogens is 3. The van der Waals surface area contributed by atoms with Crippen molar-refractivity contribution < 1.29 is 17.9 Å². The number of nitrogens with zero attached hydrogens (tertiary/aromatic N) is 1. The zero-order valence-corrected chi connectivity index (χ0v) is 11.9. The van der Waals surface area contributed by atoms with Crippen LogP contribution in [0.1, 0.15) is 18.1 Å². The molecule has 1 N–H and O–H groups in total. The number of alkyl halides is 3. The monoisotopic (exact) mass is 308 g/mol. The summed E-state index contributed by atoms with van der Waals surface area (Å²) >= 11 is 0. The predicted octanol–water partition coefficient (Wildman–Crippen LogP) is 4.55. The van der Waals surface area contributed by atoms with E-state index in [0.29, 0.717) is 6.61 Å². The summed E-state index contributed by atoms with van der Waals surface area (Å²) in [6.07, 6.45) is -2.97. The molecule has 22 heavy (non-hydrogen) atoms. The molecule has 116 valence electrons. The van der Waals surface area contributed by atoms with Crippen LogP contribution in [0.3, 0.4) is 0 Å². The van der Waals surface area contributed by atoms with E-state index in [0.717, 1.165) is 17.4 Å². The molecule has 0 aromatic heterocycles. The molecule has 0 amide bonds. The molecule has 0 aliphatic heterocycles. The Hall–Kier alpha value is -2.50. The molecule has 0 bridgehead atoms. The van der Waals surface area contributed by atoms with Crippen LogP contribution >= 0.6 is 0 Å². The molecule has 0 atom stereocenters. The first-order valence-corrected chi connectivity index (χ1v) is 6.69. The van der Waals surface area contributed by atoms with Crippen molar-refractivity contribution in [1.82, 2.24) is 0 Å². The highest BCUT2D eigenvalue weighted by atomic mass is 19.4. The first-order chi connectivity index (χ1) is 10.5. The van der Waals surface area contributed by atoms with Crippen molar-refractivity contribution in [3.05, 3.63) is 59.7 Å². The number of hydrogen-bond acceptors (Lipinski definition) is 3. The fourth-order valence-corrected chi connectivity index (χ4v) is 1.82. The number of benzene rings is 2. The quantitative estimate of drug-likeness (QED) is 0.649. The van der Waals surface area contributed by atoms with Gasteiger partial charge in [-0.25, -0.2) is 0 Å². The standard InChI is InChI=1S/C16H15F3N2O/c1-2-22-13-9-7-12(8-10-13)11-20-21-15-6-4-3-5-14(15)16(17,18)19/h3-11,21H,2H2,1H3. The minimum Gasteiger partial charge on any atom is -0.494 e. The number of anilines is 1. The molecule has 0 saturated carbocycles. The highest BCUT2D eigenvalue weighted by Gasteiger charge is 2.33. The van der Waals surface area contributed by atoms with E-state index in [9.17, 15) is 13.2 Å². The van der Waals surface area contributed by atoms with Crippen LogP contribution in [0.25, 0.3) is 0 Å². The Kier molecular flexibility index (Phi) is 5.04. The molecule has 3 nitrogen and oxygen atoms in total. The van der Waals surface area contributed by atoms with Crippen LogP contribution in [0.4, 0.5) is 18.9 Å². The SMILES string of the molecule is CCOc1ccc(C=NNc2ccccc2C(F)(F)F)cc1. The van der Waals surface area contributed by atoms with Crippen molar-refractivity contribution in [2.75, 3.05) is 12.0 Å². The van der Waals surface area contributed by atoms with Crippen molar-refractivity contribution in [3.63, 3.8) is 0 Å². The highest BCUT2D eigenvalue weighted by Crippen LogP contribution is 2.34. The number of hydrogen-bond donors (Lipinski definition) is 1. The topological polar surface area (TPSA) is 33.6 Å². The fourth-order valence-electron chi connectivity index (χ4n) is 1.82. The van der Waals surface area contributed by atoms with Crippen LogP contribution < -0.4 is 10.2 Å². The minimum absolute atomic E-state index is 0.0859. The van der Waals surface area contributed by atoms with E-state index in [-0.39, 0.29) is 5.69 Å². The van der Waals surface area contributed by atoms with Crippen molar-refractivity contribution in [2.24, 2.45) is 5.10 Å². The average Bonchev–Trinajstić information content (AvgIpc) is 2.49. The Labute approximate surface area is 126 Å². The van der Waals surface area contributed by atoms with Gasteiger partial charge in [-0.05, 0) is 48.9 Å². The van der Waals surface area contributed by atoms with Crippen LogP contribution in [0, 0.1) is 0 Å². The molecule has 0 spiro atoms. The molecule has 0 aliphatic carbocycles. The number of para-hydroxylation sites is 1. The molecule has 2 rings (SSSR count). The van der Waals surface area contributed by atoms with Gasteiger partial charge in [-0.15, -0.1) is 0 Å². The number of rotatable bonds is 5. The fraction of sp³-hybridized carbons (Fsp3) is 0.188. The number of nitrogens with one attached hydrogen (secondary N) is 1. The molecule has 0 radical (unpaired) electrons. The van der Waals surface area contributed by atoms with Crippen LogP contribution in [0.2, 0.25) is 0 Å². The van der Waals surface area contributed by atoms with Crippen molar-refractivity contribution >= 4 is 11.9 Å². The van der Waals surface area contributed by atoms with Gasteiger partial charge in [0.05, 0.1) is 24.1 Å². The summed E-state index contributed by atoms with van der Waals surface area (Å²) in [5, 5.41) is 3.85. The first kappa shape index (κ1) is 15.9. The lowest BCUT2D eigenvalue weighted by Crippen LogP contribution is -2.08. The molecule has 0 saturated heterocycles. The van der Waals surface area contributed by atoms with Crippen LogP contribution in [0.5, 0.6) is 5.75 Å². The lowest BCUT2D eigenvalue weighted by Gasteiger charge is -2.11. The Morgan fingerprint density at radius 1 is 1.09 bits per heavy atom. The molecule has 0 heterocycles. The Bertz CT molecular complexity index is 637. The summed E-state index contributed by atoms with van der Waals surface area (Å²) in [4.78, 5) is 0. The van der Waals surface area contributed by atoms with Crippen LogP contribution in [0.15, 0.2) is 53.6 Å². The van der Waals surface area contributed by atoms with E-state index < -0.39 is 11.7 Å². The van der Waals surface area contributed by atoms with Gasteiger partial charge in [-0.2, -0.15) is 18.3 Å². The summed E-state index contributed by atoms with van der Waals surface area (Å²) in [5.41, 5.74) is 2.34. The van der Waals surface area contributed by atoms with Gasteiger partial charge in [-0.3, -0.25) is 5.43 Å². The zero-order valence-electron chi connectivity index (χ0n) is 11.9. The average molecular weight is 308 g/mol. The third-order valence-corrected chi connectivity index (χ3v) is 2.82. The van der Waals surface area contributed by atoms with E-state index >= 15 is 0 Å². The Balaban J connectivity index is 2.07. The van der Waals surface area contributed by atoms with Crippen molar-refractivity contribution in [1.29, 1.82) is 0 Å². The Morgan fingerprint density at radius 3 is 2.41 bits per heavy atom. The molecule has 2 aromatic carbocycles. The molecule has 0 unspecified atom stereocenters. The maximum absolute atomic E-state index is 12.8. The first-order valence-electron chi connectivity index (χ1n) is 6.69. The normalized spacial score (nSPS) is 11.6. The second kappa shape index (κ2) is 6.98. The van der Waals surface area contributed by atoms with E-state index in [1.54, 1.807) is 24.3 Å². The molecule has 6 heteroatoms. The van der Waals surface area contributed by atoms with Crippen molar-refractivity contribution in [3.8, 4) is 5.75 Å². The van der Waals surface area contributed by atoms with Gasteiger partial charge in [0.1, 0.15) is 5.75 Å². The summed E-state index contributed by atoms with van der Waals surface area (Å²) in [7, 11) is 0. The zero-order chi connectivity index (χ0) is 16.0. The Morgan fingerprint density at radius 2 is 1.77 bits per heavy atom. The number of ether oxygens (including phenoxy) is 1. The maximum Gasteiger partial charge on any atom is 0.418 e. The molecular weight excluding hydrogens is 293 g/mol. The van der Waals surface area contributed by atoms with E-state index in [2.05, 4.69) is 10.5 Å². The largest absolute Gasteiger partial charge is 0.494 e. The lowest BCUT2D eigenvalue weighted by molar-refractivity contribution is -0.136. The van der Waals surface area contributed by atoms with E-state index in [4.69, 9.17) is 4.74 Å². The molecule has 0 fully saturated rings. The van der Waals surface area contributed by atoms with Gasteiger partial charge >= 0.3 is 6.18 Å². The maximum atomic E-state index is 12.8. The molecule has 2 aromatic rings. The predicted molar refractivity (Wildman–Crippen MR) is 80.3 cm³/mol. The van der Waals surface area contributed by atoms with Gasteiger partial charge in [0, 0.05) is 0 Å². The molecule has 0 aliphatic rings. The van der Waals surface area contributed by atoms with Gasteiger partial charge in [0.25, 0.3) is 0 Å². The van der Waals surface area contributed by atoms with Crippen LogP contribution in [-0.2, 0) is 6.18 Å². The summed E-state index contributed by atoms with van der Waals surface area (Å²) in [6.45, 7) is 2.46. The molecular formula is C16H15F3N2O. The third kappa shape index (κ3) is 4.25. The lowest BCUT2D eigenvalue weighted by atomic mass is 10.2. The minimum atomic E-state index is -4.42. The summed E-state index contributed by atoms with van der Waals surface area (Å²) in [6, 6.07) is 12.3. The van der Waals surface area contributed by atoms with Crippen LogP contribution in [-0.4, -0.2) is 12.8 Å². The van der Waals surface area contributed by atoms with E-state index in [1.165, 1.54) is 24.4 Å². The third-order valence-electron chi connectivity index (χ3n) is 2.82. The van der Waals surface area contributed by atoms with Crippen molar-refractivity contribution in [2.45, 2.75) is 13.1 Å². The second-order valence-electron chi connectivity index (χ2n) is 4.42. The highest BCUT2D eigenvalue weighted by molar-refractivity contribution is 5.80. The number of hydrazone groups is 1. The summed E-state index contributed by atoms with van der Waals surface area (Å²) < 4.78 is 43.7. The summed E-state index contributed by atoms with van der Waals surface area (Å²) in [5.74, 6) is 0.732. The van der Waals surface area contributed by atoms with E-state index in [1.807, 2.05) is 6.92 Å². The van der Waals surface area contributed by atoms with Gasteiger partial charge in [0.15, 0.2) is 0 Å². The van der Waals surface area contributed by atoms with Gasteiger partial charge in [-0.1, -0.05) is 12.1 Å². The van der Waals surface area contributed by atoms with Gasteiger partial charge < -0.3 is 4.74 Å².